The van der Waals surface area contributed by atoms with Gasteiger partial charge in [0.25, 0.3) is 11.1 Å². The summed E-state index contributed by atoms with van der Waals surface area (Å²) in [4.78, 5) is 25.3. The summed E-state index contributed by atoms with van der Waals surface area (Å²) in [7, 11) is 0. The number of hydrogen-bond acceptors (Lipinski definition) is 4. The number of benzene rings is 2. The van der Waals surface area contributed by atoms with Crippen molar-refractivity contribution in [1.82, 2.24) is 8.97 Å². The number of aromatic hydroxyl groups is 2. The van der Waals surface area contributed by atoms with Gasteiger partial charge in [-0.3, -0.25) is 14.0 Å². The minimum atomic E-state index is -0.659. The molecule has 26 heavy (non-hydrogen) atoms. The first-order valence-electron chi connectivity index (χ1n) is 7.81. The molecule has 0 fully saturated rings. The van der Waals surface area contributed by atoms with Crippen LogP contribution in [0.5, 0.6) is 11.5 Å². The Morgan fingerprint density at radius 3 is 2.27 bits per heavy atom. The molecule has 0 radical (unpaired) electrons. The molecule has 0 unspecified atom stereocenters. The van der Waals surface area contributed by atoms with Crippen LogP contribution in [0, 0.1) is 5.82 Å². The Kier molecular flexibility index (Phi) is 3.50. The van der Waals surface area contributed by atoms with Gasteiger partial charge in [-0.25, -0.2) is 4.39 Å². The molecule has 130 valence electrons. The molecule has 0 spiro atoms. The predicted molar refractivity (Wildman–Crippen MR) is 94.3 cm³/mol. The Bertz CT molecular complexity index is 1270. The average Bonchev–Trinajstić information content (AvgIpc) is 2.63. The highest BCUT2D eigenvalue weighted by Crippen LogP contribution is 2.27. The summed E-state index contributed by atoms with van der Waals surface area (Å²) in [5.41, 5.74) is -0.0251. The third-order valence-electron chi connectivity index (χ3n) is 4.29. The van der Waals surface area contributed by atoms with Gasteiger partial charge in [-0.1, -0.05) is 24.3 Å². The van der Waals surface area contributed by atoms with Gasteiger partial charge in [-0.2, -0.15) is 0 Å². The molecule has 0 aliphatic heterocycles. The van der Waals surface area contributed by atoms with Crippen molar-refractivity contribution in [2.75, 3.05) is 0 Å². The molecule has 6 nitrogen and oxygen atoms in total. The van der Waals surface area contributed by atoms with Gasteiger partial charge in [-0.15, -0.1) is 0 Å². The van der Waals surface area contributed by atoms with E-state index in [0.29, 0.717) is 16.6 Å². The number of fused-ring (bicyclic) bond motifs is 3. The molecule has 0 saturated carbocycles. The zero-order valence-electron chi connectivity index (χ0n) is 13.4. The maximum Gasteiger partial charge on any atom is 0.279 e. The Morgan fingerprint density at radius 1 is 0.923 bits per heavy atom. The first kappa shape index (κ1) is 15.9. The quantitative estimate of drug-likeness (QED) is 0.542. The smallest absolute Gasteiger partial charge is 0.279 e. The Labute approximate surface area is 145 Å². The number of nitrogens with zero attached hydrogens (tertiary/aromatic N) is 2. The van der Waals surface area contributed by atoms with Crippen molar-refractivity contribution in [3.05, 3.63) is 86.7 Å². The molecule has 0 aliphatic rings. The summed E-state index contributed by atoms with van der Waals surface area (Å²) in [6.07, 6.45) is 0. The Hall–Kier alpha value is -3.61. The van der Waals surface area contributed by atoms with Crippen LogP contribution in [-0.2, 0) is 6.54 Å². The van der Waals surface area contributed by atoms with Gasteiger partial charge in [0.2, 0.25) is 0 Å². The molecule has 4 rings (SSSR count). The molecule has 0 amide bonds. The second-order valence-electron chi connectivity index (χ2n) is 5.91. The highest BCUT2D eigenvalue weighted by Gasteiger charge is 2.18. The fraction of sp³-hybridized carbons (Fsp3) is 0.0526. The molecule has 0 atom stereocenters. The molecule has 0 saturated heterocycles. The second kappa shape index (κ2) is 5.73. The lowest BCUT2D eigenvalue weighted by atomic mass is 10.2. The van der Waals surface area contributed by atoms with Crippen molar-refractivity contribution < 1.29 is 14.6 Å². The highest BCUT2D eigenvalue weighted by molar-refractivity contribution is 5.81. The van der Waals surface area contributed by atoms with Crippen molar-refractivity contribution >= 4 is 16.6 Å². The van der Waals surface area contributed by atoms with Crippen LogP contribution in [0.2, 0.25) is 0 Å². The minimum absolute atomic E-state index is 0.111. The highest BCUT2D eigenvalue weighted by atomic mass is 19.1. The van der Waals surface area contributed by atoms with Gasteiger partial charge in [0.1, 0.15) is 5.82 Å². The normalized spacial score (nSPS) is 11.3. The van der Waals surface area contributed by atoms with Crippen LogP contribution < -0.4 is 11.1 Å². The maximum absolute atomic E-state index is 13.1. The molecular formula is C19H13FN2O4. The molecule has 0 aliphatic carbocycles. The molecule has 0 bridgehead atoms. The molecule has 2 aromatic heterocycles. The standard InChI is InChI=1S/C19H13FN2O4/c20-12-7-5-11(6-8-12)10-21-13-3-1-2-4-14(13)22-16(24)9-15(23)18(25)17(22)19(21)26/h1-9,23,25H,10H2. The topological polar surface area (TPSA) is 83.9 Å². The van der Waals surface area contributed by atoms with E-state index in [1.54, 1.807) is 36.4 Å². The van der Waals surface area contributed by atoms with Crippen LogP contribution in [0.25, 0.3) is 16.6 Å². The largest absolute Gasteiger partial charge is 0.504 e. The molecule has 7 heteroatoms. The summed E-state index contributed by atoms with van der Waals surface area (Å²) in [6, 6.07) is 13.3. The molecular weight excluding hydrogens is 339 g/mol. The van der Waals surface area contributed by atoms with Crippen LogP contribution in [0.3, 0.4) is 0 Å². The number of aromatic nitrogens is 2. The van der Waals surface area contributed by atoms with E-state index in [9.17, 15) is 24.2 Å². The van der Waals surface area contributed by atoms with Crippen LogP contribution in [-0.4, -0.2) is 19.2 Å². The van der Waals surface area contributed by atoms with Gasteiger partial charge < -0.3 is 14.8 Å². The fourth-order valence-corrected chi connectivity index (χ4v) is 3.07. The summed E-state index contributed by atoms with van der Waals surface area (Å²) >= 11 is 0. The van der Waals surface area contributed by atoms with E-state index in [0.717, 1.165) is 10.5 Å². The van der Waals surface area contributed by atoms with E-state index in [1.807, 2.05) is 0 Å². The average molecular weight is 352 g/mol. The predicted octanol–water partition coefficient (Wildman–Crippen LogP) is 2.21. The number of rotatable bonds is 2. The monoisotopic (exact) mass is 352 g/mol. The van der Waals surface area contributed by atoms with Crippen LogP contribution in [0.1, 0.15) is 5.56 Å². The number of hydrogen-bond donors (Lipinski definition) is 2. The lowest BCUT2D eigenvalue weighted by Gasteiger charge is -2.15. The van der Waals surface area contributed by atoms with E-state index in [-0.39, 0.29) is 12.1 Å². The van der Waals surface area contributed by atoms with Gasteiger partial charge >= 0.3 is 0 Å². The van der Waals surface area contributed by atoms with E-state index in [4.69, 9.17) is 0 Å². The van der Waals surface area contributed by atoms with E-state index >= 15 is 0 Å². The number of halogens is 1. The van der Waals surface area contributed by atoms with Crippen LogP contribution in [0.4, 0.5) is 4.39 Å². The molecule has 2 N–H and O–H groups in total. The van der Waals surface area contributed by atoms with Crippen molar-refractivity contribution in [1.29, 1.82) is 0 Å². The minimum Gasteiger partial charge on any atom is -0.504 e. The van der Waals surface area contributed by atoms with Crippen molar-refractivity contribution in [2.45, 2.75) is 6.54 Å². The second-order valence-corrected chi connectivity index (χ2v) is 5.91. The number of para-hydroxylation sites is 2. The third kappa shape index (κ3) is 2.33. The first-order valence-corrected chi connectivity index (χ1v) is 7.81. The van der Waals surface area contributed by atoms with Crippen molar-refractivity contribution in [2.24, 2.45) is 0 Å². The molecule has 4 aromatic rings. The van der Waals surface area contributed by atoms with Crippen molar-refractivity contribution in [3.63, 3.8) is 0 Å². The summed E-state index contributed by atoms with van der Waals surface area (Å²) < 4.78 is 15.6. The maximum atomic E-state index is 13.1. The lowest BCUT2D eigenvalue weighted by Crippen LogP contribution is -2.28. The Morgan fingerprint density at radius 2 is 1.58 bits per heavy atom. The van der Waals surface area contributed by atoms with E-state index in [2.05, 4.69) is 0 Å². The van der Waals surface area contributed by atoms with Crippen LogP contribution in [0.15, 0.2) is 64.2 Å². The van der Waals surface area contributed by atoms with E-state index in [1.165, 1.54) is 16.7 Å². The third-order valence-corrected chi connectivity index (χ3v) is 4.29. The summed E-state index contributed by atoms with van der Waals surface area (Å²) in [6.45, 7) is 0.111. The van der Waals surface area contributed by atoms with Gasteiger partial charge in [0, 0.05) is 6.07 Å². The summed E-state index contributed by atoms with van der Waals surface area (Å²) in [5.74, 6) is -1.71. The zero-order valence-corrected chi connectivity index (χ0v) is 13.4. The molecule has 2 aromatic carbocycles. The first-order chi connectivity index (χ1) is 12.5. The lowest BCUT2D eigenvalue weighted by molar-refractivity contribution is 0.404. The van der Waals surface area contributed by atoms with Gasteiger partial charge in [-0.05, 0) is 29.8 Å². The van der Waals surface area contributed by atoms with Crippen molar-refractivity contribution in [3.8, 4) is 11.5 Å². The van der Waals surface area contributed by atoms with Crippen LogP contribution >= 0.6 is 0 Å². The fourth-order valence-electron chi connectivity index (χ4n) is 3.07. The zero-order chi connectivity index (χ0) is 18.4. The molecule has 2 heterocycles. The van der Waals surface area contributed by atoms with Gasteiger partial charge in [0.05, 0.1) is 17.6 Å². The van der Waals surface area contributed by atoms with Gasteiger partial charge in [0.15, 0.2) is 17.0 Å². The summed E-state index contributed by atoms with van der Waals surface area (Å²) in [5, 5.41) is 19.9. The van der Waals surface area contributed by atoms with E-state index < -0.39 is 28.4 Å². The SMILES string of the molecule is O=c1c2c(O)c(O)cc(=O)n2c2ccccc2n1Cc1ccc(F)cc1. The number of pyridine rings is 1. The Balaban J connectivity index is 2.13.